The third-order valence-corrected chi connectivity index (χ3v) is 3.98. The molecule has 7 nitrogen and oxygen atoms in total. The number of alkyl halides is 3. The van der Waals surface area contributed by atoms with Crippen molar-refractivity contribution in [2.24, 2.45) is 5.92 Å². The van der Waals surface area contributed by atoms with Gasteiger partial charge >= 0.3 is 6.18 Å². The molecule has 1 aliphatic heterocycles. The maximum Gasteiger partial charge on any atom is 0.405 e. The van der Waals surface area contributed by atoms with Gasteiger partial charge < -0.3 is 20.7 Å². The number of amides is 2. The lowest BCUT2D eigenvalue weighted by atomic mass is 10.0. The van der Waals surface area contributed by atoms with Gasteiger partial charge in [0.1, 0.15) is 18.7 Å². The average Bonchev–Trinajstić information content (AvgIpc) is 2.52. The summed E-state index contributed by atoms with van der Waals surface area (Å²) in [7, 11) is 1.34. The Kier molecular flexibility index (Phi) is 11.1. The molecule has 0 aromatic rings. The summed E-state index contributed by atoms with van der Waals surface area (Å²) in [5, 5.41) is 7.81. The third kappa shape index (κ3) is 8.07. The largest absolute Gasteiger partial charge is 0.405 e. The van der Waals surface area contributed by atoms with E-state index in [2.05, 4.69) is 20.7 Å². The number of nitrogens with one attached hydrogen (secondary N) is 3. The van der Waals surface area contributed by atoms with Crippen molar-refractivity contribution in [3.63, 3.8) is 0 Å². The van der Waals surface area contributed by atoms with Gasteiger partial charge in [-0.1, -0.05) is 13.8 Å². The van der Waals surface area contributed by atoms with Crippen molar-refractivity contribution in [2.45, 2.75) is 32.1 Å². The first-order chi connectivity index (χ1) is 11.7. The Morgan fingerprint density at radius 3 is 2.27 bits per heavy atom. The van der Waals surface area contributed by atoms with Gasteiger partial charge in [0.2, 0.25) is 11.8 Å². The summed E-state index contributed by atoms with van der Waals surface area (Å²) in [5.41, 5.74) is 0. The number of rotatable bonds is 8. The maximum atomic E-state index is 13.3. The highest BCUT2D eigenvalue weighted by Crippen LogP contribution is 2.24. The standard InChI is InChI=1S/C15H27F3N4O3.ClH/c1-10(2)13(21-12(23)9-25-3)14(24)20-8-11(15(16,17)18)22-6-4-19-5-7-22;/h10-11,13,19H,4-9H2,1-3H3,(H,20,24)(H,21,23);1H/t11?,13-;/m0./s1. The number of ether oxygens (including phenoxy) is 1. The van der Waals surface area contributed by atoms with Crippen molar-refractivity contribution in [3.05, 3.63) is 0 Å². The minimum absolute atomic E-state index is 0. The van der Waals surface area contributed by atoms with Crippen LogP contribution in [-0.4, -0.2) is 81.4 Å². The van der Waals surface area contributed by atoms with Crippen LogP contribution in [0.15, 0.2) is 0 Å². The zero-order valence-corrected chi connectivity index (χ0v) is 16.0. The number of nitrogens with zero attached hydrogens (tertiary/aromatic N) is 1. The van der Waals surface area contributed by atoms with E-state index in [0.717, 1.165) is 0 Å². The molecule has 1 rings (SSSR count). The summed E-state index contributed by atoms with van der Waals surface area (Å²) in [6.07, 6.45) is -4.45. The van der Waals surface area contributed by atoms with Crippen LogP contribution in [-0.2, 0) is 14.3 Å². The van der Waals surface area contributed by atoms with Gasteiger partial charge in [-0.25, -0.2) is 0 Å². The zero-order valence-electron chi connectivity index (χ0n) is 15.2. The first-order valence-electron chi connectivity index (χ1n) is 8.24. The molecule has 26 heavy (non-hydrogen) atoms. The predicted molar refractivity (Wildman–Crippen MR) is 93.2 cm³/mol. The minimum Gasteiger partial charge on any atom is -0.375 e. The summed E-state index contributed by atoms with van der Waals surface area (Å²) in [4.78, 5) is 25.2. The average molecular weight is 405 g/mol. The Bertz CT molecular complexity index is 446. The highest BCUT2D eigenvalue weighted by atomic mass is 35.5. The molecular weight excluding hydrogens is 377 g/mol. The number of carbonyl (C=O) groups is 2. The molecule has 1 fully saturated rings. The molecule has 2 atom stereocenters. The molecular formula is C15H28ClF3N4O3. The van der Waals surface area contributed by atoms with Crippen LogP contribution < -0.4 is 16.0 Å². The summed E-state index contributed by atoms with van der Waals surface area (Å²) in [6, 6.07) is -2.67. The van der Waals surface area contributed by atoms with Gasteiger partial charge in [0.05, 0.1) is 0 Å². The topological polar surface area (TPSA) is 82.7 Å². The van der Waals surface area contributed by atoms with Crippen molar-refractivity contribution in [3.8, 4) is 0 Å². The van der Waals surface area contributed by atoms with Crippen LogP contribution in [0.25, 0.3) is 0 Å². The lowest BCUT2D eigenvalue weighted by Crippen LogP contribution is -2.59. The molecule has 0 bridgehead atoms. The number of piperazine rings is 1. The third-order valence-electron chi connectivity index (χ3n) is 3.98. The van der Waals surface area contributed by atoms with Crippen molar-refractivity contribution >= 4 is 24.2 Å². The number of carbonyl (C=O) groups excluding carboxylic acids is 2. The van der Waals surface area contributed by atoms with E-state index in [1.807, 2.05) is 0 Å². The minimum atomic E-state index is -4.45. The van der Waals surface area contributed by atoms with Crippen molar-refractivity contribution in [1.82, 2.24) is 20.9 Å². The molecule has 0 spiro atoms. The van der Waals surface area contributed by atoms with E-state index in [1.165, 1.54) is 12.0 Å². The van der Waals surface area contributed by atoms with Gasteiger partial charge in [-0.15, -0.1) is 12.4 Å². The second-order valence-electron chi connectivity index (χ2n) is 6.31. The predicted octanol–water partition coefficient (Wildman–Crippen LogP) is 0.148. The van der Waals surface area contributed by atoms with Gasteiger partial charge in [-0.2, -0.15) is 13.2 Å². The fourth-order valence-electron chi connectivity index (χ4n) is 2.63. The normalized spacial score (nSPS) is 18.0. The Labute approximate surface area is 157 Å². The van der Waals surface area contributed by atoms with Crippen LogP contribution >= 0.6 is 12.4 Å². The second-order valence-corrected chi connectivity index (χ2v) is 6.31. The van der Waals surface area contributed by atoms with Gasteiger partial charge in [-0.3, -0.25) is 14.5 Å². The molecule has 2 amide bonds. The molecule has 0 saturated carbocycles. The van der Waals surface area contributed by atoms with Gasteiger partial charge in [0.25, 0.3) is 0 Å². The molecule has 0 radical (unpaired) electrons. The lowest BCUT2D eigenvalue weighted by molar-refractivity contribution is -0.184. The fourth-order valence-corrected chi connectivity index (χ4v) is 2.63. The zero-order chi connectivity index (χ0) is 19.0. The van der Waals surface area contributed by atoms with E-state index in [0.29, 0.717) is 13.1 Å². The van der Waals surface area contributed by atoms with E-state index in [-0.39, 0.29) is 38.0 Å². The highest BCUT2D eigenvalue weighted by Gasteiger charge is 2.44. The van der Waals surface area contributed by atoms with Gasteiger partial charge in [0, 0.05) is 39.8 Å². The summed E-state index contributed by atoms with van der Waals surface area (Å²) >= 11 is 0. The van der Waals surface area contributed by atoms with Crippen LogP contribution in [0, 0.1) is 5.92 Å². The van der Waals surface area contributed by atoms with Gasteiger partial charge in [0.15, 0.2) is 0 Å². The molecule has 1 saturated heterocycles. The molecule has 11 heteroatoms. The monoisotopic (exact) mass is 404 g/mol. The van der Waals surface area contributed by atoms with Crippen molar-refractivity contribution in [1.29, 1.82) is 0 Å². The van der Waals surface area contributed by atoms with E-state index in [9.17, 15) is 22.8 Å². The van der Waals surface area contributed by atoms with Crippen LogP contribution in [0.4, 0.5) is 13.2 Å². The quantitative estimate of drug-likeness (QED) is 0.536. The van der Waals surface area contributed by atoms with E-state index < -0.39 is 36.6 Å². The number of halogens is 4. The number of methoxy groups -OCH3 is 1. The Balaban J connectivity index is 0.00000625. The highest BCUT2D eigenvalue weighted by molar-refractivity contribution is 5.88. The number of hydrogen-bond acceptors (Lipinski definition) is 5. The second kappa shape index (κ2) is 11.6. The van der Waals surface area contributed by atoms with E-state index >= 15 is 0 Å². The Hall–Kier alpha value is -1.10. The number of hydrogen-bond donors (Lipinski definition) is 3. The Morgan fingerprint density at radius 2 is 1.81 bits per heavy atom. The molecule has 3 N–H and O–H groups in total. The molecule has 1 heterocycles. The van der Waals surface area contributed by atoms with Crippen molar-refractivity contribution in [2.75, 3.05) is 46.4 Å². The molecule has 0 aromatic carbocycles. The van der Waals surface area contributed by atoms with E-state index in [4.69, 9.17) is 0 Å². The molecule has 0 aromatic heterocycles. The summed E-state index contributed by atoms with van der Waals surface area (Å²) in [6.45, 7) is 4.11. The molecule has 1 unspecified atom stereocenters. The first-order valence-corrected chi connectivity index (χ1v) is 8.24. The van der Waals surface area contributed by atoms with E-state index in [1.54, 1.807) is 13.8 Å². The van der Waals surface area contributed by atoms with Crippen LogP contribution in [0.3, 0.4) is 0 Å². The van der Waals surface area contributed by atoms with Crippen LogP contribution in [0.5, 0.6) is 0 Å². The maximum absolute atomic E-state index is 13.3. The molecule has 0 aliphatic carbocycles. The molecule has 154 valence electrons. The van der Waals surface area contributed by atoms with Crippen LogP contribution in [0.1, 0.15) is 13.8 Å². The Morgan fingerprint density at radius 1 is 1.23 bits per heavy atom. The smallest absolute Gasteiger partial charge is 0.375 e. The summed E-state index contributed by atoms with van der Waals surface area (Å²) < 4.78 is 44.7. The summed E-state index contributed by atoms with van der Waals surface area (Å²) in [5.74, 6) is -1.40. The lowest BCUT2D eigenvalue weighted by Gasteiger charge is -2.36. The molecule has 1 aliphatic rings. The van der Waals surface area contributed by atoms with Crippen LogP contribution in [0.2, 0.25) is 0 Å². The fraction of sp³-hybridized carbons (Fsp3) is 0.867. The SMILES string of the molecule is COCC(=O)N[C@H](C(=O)NCC(N1CCNCC1)C(F)(F)F)C(C)C.Cl. The van der Waals surface area contributed by atoms with Crippen molar-refractivity contribution < 1.29 is 27.5 Å². The van der Waals surface area contributed by atoms with Gasteiger partial charge in [-0.05, 0) is 5.92 Å². The first kappa shape index (κ1) is 24.9.